The van der Waals surface area contributed by atoms with Crippen LogP contribution in [-0.2, 0) is 16.0 Å². The van der Waals surface area contributed by atoms with E-state index in [1.54, 1.807) is 22.8 Å². The summed E-state index contributed by atoms with van der Waals surface area (Å²) < 4.78 is 12.1. The number of hydrogen-bond acceptors (Lipinski definition) is 7. The highest BCUT2D eigenvalue weighted by Crippen LogP contribution is 2.23. The third-order valence-corrected chi connectivity index (χ3v) is 6.96. The number of ketones is 1. The maximum atomic E-state index is 13.4. The fraction of sp³-hybridized carbons (Fsp3) is 0.385. The van der Waals surface area contributed by atoms with Crippen LogP contribution in [0.25, 0.3) is 10.9 Å². The zero-order valence-electron chi connectivity index (χ0n) is 19.6. The predicted molar refractivity (Wildman–Crippen MR) is 132 cm³/mol. The molecule has 0 spiro atoms. The minimum absolute atomic E-state index is 0.0402. The van der Waals surface area contributed by atoms with E-state index >= 15 is 0 Å². The lowest BCUT2D eigenvalue weighted by atomic mass is 10.0. The topological polar surface area (TPSA) is 87.5 Å². The van der Waals surface area contributed by atoms with E-state index < -0.39 is 5.97 Å². The molecule has 0 amide bonds. The van der Waals surface area contributed by atoms with Crippen molar-refractivity contribution in [2.24, 2.45) is 0 Å². The van der Waals surface area contributed by atoms with E-state index in [9.17, 15) is 14.4 Å². The fourth-order valence-corrected chi connectivity index (χ4v) is 4.88. The molecule has 1 fully saturated rings. The summed E-state index contributed by atoms with van der Waals surface area (Å²) in [5.41, 5.74) is 2.29. The Morgan fingerprint density at radius 3 is 2.56 bits per heavy atom. The summed E-state index contributed by atoms with van der Waals surface area (Å²) in [4.78, 5) is 42.9. The minimum atomic E-state index is -0.499. The van der Waals surface area contributed by atoms with Gasteiger partial charge in [-0.15, -0.1) is 0 Å². The number of fused-ring (bicyclic) bond motifs is 1. The molecule has 0 N–H and O–H groups in total. The lowest BCUT2D eigenvalue weighted by Crippen LogP contribution is -2.29. The highest BCUT2D eigenvalue weighted by molar-refractivity contribution is 7.99. The van der Waals surface area contributed by atoms with Crippen LogP contribution in [0.15, 0.2) is 52.4 Å². The van der Waals surface area contributed by atoms with Gasteiger partial charge >= 0.3 is 5.97 Å². The van der Waals surface area contributed by atoms with Crippen LogP contribution < -0.4 is 5.56 Å². The van der Waals surface area contributed by atoms with Crippen molar-refractivity contribution >= 4 is 34.4 Å². The SMILES string of the molecule is COC(=O)c1ccc2c(=O)n(C[C@H]3CCCO3)c(SCC(=O)c3ccc(C(C)C)cc3)nc2c1. The Morgan fingerprint density at radius 1 is 1.18 bits per heavy atom. The number of esters is 1. The van der Waals surface area contributed by atoms with Gasteiger partial charge in [0.05, 0.1) is 42.0 Å². The van der Waals surface area contributed by atoms with Crippen molar-refractivity contribution in [1.82, 2.24) is 9.55 Å². The lowest BCUT2D eigenvalue weighted by Gasteiger charge is -2.16. The van der Waals surface area contributed by atoms with Crippen molar-refractivity contribution in [3.05, 3.63) is 69.5 Å². The van der Waals surface area contributed by atoms with Crippen LogP contribution in [0.1, 0.15) is 58.9 Å². The van der Waals surface area contributed by atoms with Crippen molar-refractivity contribution in [2.45, 2.75) is 50.4 Å². The largest absolute Gasteiger partial charge is 0.465 e. The van der Waals surface area contributed by atoms with Crippen LogP contribution in [0.5, 0.6) is 0 Å². The summed E-state index contributed by atoms with van der Waals surface area (Å²) in [7, 11) is 1.31. The highest BCUT2D eigenvalue weighted by atomic mass is 32.2. The number of nitrogens with zero attached hydrogens (tertiary/aromatic N) is 2. The van der Waals surface area contributed by atoms with Crippen molar-refractivity contribution < 1.29 is 19.1 Å². The van der Waals surface area contributed by atoms with E-state index in [-0.39, 0.29) is 23.2 Å². The summed E-state index contributed by atoms with van der Waals surface area (Å²) in [5, 5.41) is 0.841. The van der Waals surface area contributed by atoms with Gasteiger partial charge in [-0.1, -0.05) is 49.9 Å². The molecule has 0 aliphatic carbocycles. The quantitative estimate of drug-likeness (QED) is 0.204. The first-order valence-electron chi connectivity index (χ1n) is 11.4. The number of rotatable bonds is 8. The smallest absolute Gasteiger partial charge is 0.337 e. The van der Waals surface area contributed by atoms with E-state index in [0.717, 1.165) is 12.8 Å². The maximum Gasteiger partial charge on any atom is 0.337 e. The number of thioether (sulfide) groups is 1. The second kappa shape index (κ2) is 10.5. The van der Waals surface area contributed by atoms with Gasteiger partial charge in [-0.2, -0.15) is 0 Å². The normalized spacial score (nSPS) is 15.7. The van der Waals surface area contributed by atoms with Crippen LogP contribution in [0.3, 0.4) is 0 Å². The molecule has 1 aliphatic rings. The highest BCUT2D eigenvalue weighted by Gasteiger charge is 2.21. The van der Waals surface area contributed by atoms with Gasteiger partial charge in [0.25, 0.3) is 5.56 Å². The monoisotopic (exact) mass is 480 g/mol. The Morgan fingerprint density at radius 2 is 1.91 bits per heavy atom. The first-order chi connectivity index (χ1) is 16.4. The van der Waals surface area contributed by atoms with Crippen LogP contribution in [0.4, 0.5) is 0 Å². The van der Waals surface area contributed by atoms with Gasteiger partial charge in [0.15, 0.2) is 10.9 Å². The van der Waals surface area contributed by atoms with Gasteiger partial charge in [0, 0.05) is 12.2 Å². The number of Topliss-reactive ketones (excluding diaryl/α,β-unsaturated/α-hetero) is 1. The van der Waals surface area contributed by atoms with Gasteiger partial charge in [-0.3, -0.25) is 14.2 Å². The molecule has 2 heterocycles. The first-order valence-corrected chi connectivity index (χ1v) is 12.4. The van der Waals surface area contributed by atoms with Gasteiger partial charge in [-0.05, 0) is 42.5 Å². The van der Waals surface area contributed by atoms with Gasteiger partial charge in [0.2, 0.25) is 0 Å². The van der Waals surface area contributed by atoms with Crippen molar-refractivity contribution in [3.8, 4) is 0 Å². The average Bonchev–Trinajstić information content (AvgIpc) is 3.37. The van der Waals surface area contributed by atoms with Crippen LogP contribution in [0, 0.1) is 0 Å². The molecule has 1 aromatic heterocycles. The summed E-state index contributed by atoms with van der Waals surface area (Å²) in [6.45, 7) is 5.27. The van der Waals surface area contributed by atoms with Crippen molar-refractivity contribution in [3.63, 3.8) is 0 Å². The molecule has 178 valence electrons. The molecule has 8 heteroatoms. The number of benzene rings is 2. The van der Waals surface area contributed by atoms with E-state index in [2.05, 4.69) is 18.8 Å². The zero-order valence-corrected chi connectivity index (χ0v) is 20.4. The third-order valence-electron chi connectivity index (χ3n) is 5.98. The van der Waals surface area contributed by atoms with Crippen LogP contribution >= 0.6 is 11.8 Å². The molecule has 34 heavy (non-hydrogen) atoms. The maximum absolute atomic E-state index is 13.4. The summed E-state index contributed by atoms with van der Waals surface area (Å²) in [5.74, 6) is -0.00758. The fourth-order valence-electron chi connectivity index (χ4n) is 3.98. The number of carbonyl (C=O) groups is 2. The number of hydrogen-bond donors (Lipinski definition) is 0. The lowest BCUT2D eigenvalue weighted by molar-refractivity contribution is 0.0600. The van der Waals surface area contributed by atoms with Gasteiger partial charge in [-0.25, -0.2) is 9.78 Å². The molecule has 1 atom stereocenters. The minimum Gasteiger partial charge on any atom is -0.465 e. The molecule has 0 bridgehead atoms. The average molecular weight is 481 g/mol. The molecule has 2 aromatic carbocycles. The molecule has 0 saturated carbocycles. The van der Waals surface area contributed by atoms with Crippen molar-refractivity contribution in [2.75, 3.05) is 19.5 Å². The van der Waals surface area contributed by atoms with E-state index in [1.165, 1.54) is 24.4 Å². The van der Waals surface area contributed by atoms with Crippen molar-refractivity contribution in [1.29, 1.82) is 0 Å². The molecule has 3 aromatic rings. The second-order valence-electron chi connectivity index (χ2n) is 8.66. The van der Waals surface area contributed by atoms with Crippen LogP contribution in [0.2, 0.25) is 0 Å². The summed E-state index contributed by atoms with van der Waals surface area (Å²) in [6, 6.07) is 12.3. The first kappa shape index (κ1) is 24.2. The Labute approximate surface area is 202 Å². The standard InChI is InChI=1S/C26H28N2O5S/c1-16(2)17-6-8-18(9-7-17)23(29)15-34-26-27-22-13-19(25(31)32-3)10-11-21(22)24(30)28(26)14-20-5-4-12-33-20/h6-11,13,16,20H,4-5,12,14-15H2,1-3H3/t20-/m1/s1. The Balaban J connectivity index is 1.65. The Hall–Kier alpha value is -2.97. The molecule has 0 unspecified atom stereocenters. The molecular weight excluding hydrogens is 452 g/mol. The Kier molecular flexibility index (Phi) is 7.48. The number of ether oxygens (including phenoxy) is 2. The van der Waals surface area contributed by atoms with E-state index in [1.807, 2.05) is 24.3 Å². The van der Waals surface area contributed by atoms with Gasteiger partial charge < -0.3 is 9.47 Å². The molecule has 1 saturated heterocycles. The van der Waals surface area contributed by atoms with E-state index in [0.29, 0.717) is 46.3 Å². The third kappa shape index (κ3) is 5.23. The zero-order chi connectivity index (χ0) is 24.2. The summed E-state index contributed by atoms with van der Waals surface area (Å²) in [6.07, 6.45) is 1.76. The number of carbonyl (C=O) groups excluding carboxylic acids is 2. The molecule has 1 aliphatic heterocycles. The molecule has 7 nitrogen and oxygen atoms in total. The predicted octanol–water partition coefficient (Wildman–Crippen LogP) is 4.46. The van der Waals surface area contributed by atoms with Crippen LogP contribution in [-0.4, -0.2) is 46.9 Å². The molecular formula is C26H28N2O5S. The summed E-state index contributed by atoms with van der Waals surface area (Å²) >= 11 is 1.22. The van der Waals surface area contributed by atoms with E-state index in [4.69, 9.17) is 9.47 Å². The number of aromatic nitrogens is 2. The number of methoxy groups -OCH3 is 1. The molecule has 0 radical (unpaired) electrons. The Bertz CT molecular complexity index is 1260. The van der Waals surface area contributed by atoms with Gasteiger partial charge in [0.1, 0.15) is 0 Å². The second-order valence-corrected chi connectivity index (χ2v) is 9.60. The molecule has 4 rings (SSSR count).